The van der Waals surface area contributed by atoms with E-state index in [1.165, 1.54) is 74.3 Å². The molecule has 3 aromatic carbocycles. The first kappa shape index (κ1) is 28.5. The molecule has 0 saturated carbocycles. The minimum absolute atomic E-state index is 0.110. The SMILES string of the molecule is COc1cc(/C=N/N(C(=O)c2ccc(S(=O)(=O)N3CCCC3)cc2)c2nc3ccc(F)cc3s2)cc(OC)c1OC. The van der Waals surface area contributed by atoms with Gasteiger partial charge in [-0.2, -0.15) is 14.4 Å². The number of benzene rings is 3. The van der Waals surface area contributed by atoms with Crippen LogP contribution in [0, 0.1) is 5.82 Å². The van der Waals surface area contributed by atoms with Crippen molar-refractivity contribution in [2.45, 2.75) is 17.7 Å². The molecule has 0 bridgehead atoms. The molecule has 5 rings (SSSR count). The van der Waals surface area contributed by atoms with E-state index >= 15 is 0 Å². The third kappa shape index (κ3) is 5.73. The van der Waals surface area contributed by atoms with Crippen LogP contribution in [-0.4, -0.2) is 64.2 Å². The molecule has 2 heterocycles. The highest BCUT2D eigenvalue weighted by atomic mass is 32.2. The van der Waals surface area contributed by atoms with Crippen LogP contribution in [0.5, 0.6) is 17.2 Å². The van der Waals surface area contributed by atoms with Crippen LogP contribution in [-0.2, 0) is 10.0 Å². The van der Waals surface area contributed by atoms with Gasteiger partial charge in [0.1, 0.15) is 5.82 Å². The first-order chi connectivity index (χ1) is 19.7. The molecule has 0 atom stereocenters. The van der Waals surface area contributed by atoms with Gasteiger partial charge in [-0.15, -0.1) is 0 Å². The summed E-state index contributed by atoms with van der Waals surface area (Å²) in [7, 11) is 0.827. The predicted octanol–water partition coefficient (Wildman–Crippen LogP) is 4.93. The Morgan fingerprint density at radius 2 is 1.66 bits per heavy atom. The Morgan fingerprint density at radius 3 is 2.27 bits per heavy atom. The van der Waals surface area contributed by atoms with Gasteiger partial charge in [0.15, 0.2) is 11.5 Å². The second-order valence-corrected chi connectivity index (χ2v) is 12.0. The molecular formula is C28H27FN4O6S2. The van der Waals surface area contributed by atoms with Crippen molar-refractivity contribution in [1.29, 1.82) is 0 Å². The maximum Gasteiger partial charge on any atom is 0.280 e. The van der Waals surface area contributed by atoms with Crippen LogP contribution in [0.1, 0.15) is 28.8 Å². The molecule has 0 radical (unpaired) electrons. The minimum atomic E-state index is -3.64. The predicted molar refractivity (Wildman–Crippen MR) is 155 cm³/mol. The van der Waals surface area contributed by atoms with E-state index in [0.29, 0.717) is 46.1 Å². The molecule has 1 aromatic heterocycles. The van der Waals surface area contributed by atoms with Gasteiger partial charge in [-0.05, 0) is 67.4 Å². The molecular weight excluding hydrogens is 571 g/mol. The Bertz CT molecular complexity index is 1690. The smallest absolute Gasteiger partial charge is 0.280 e. The van der Waals surface area contributed by atoms with Crippen LogP contribution in [0.15, 0.2) is 64.6 Å². The molecule has 1 saturated heterocycles. The highest BCUT2D eigenvalue weighted by Gasteiger charge is 2.28. The summed E-state index contributed by atoms with van der Waals surface area (Å²) in [5, 5.41) is 5.73. The number of aromatic nitrogens is 1. The summed E-state index contributed by atoms with van der Waals surface area (Å²) in [4.78, 5) is 18.3. The van der Waals surface area contributed by atoms with Gasteiger partial charge in [0.25, 0.3) is 5.91 Å². The number of fused-ring (bicyclic) bond motifs is 1. The third-order valence-electron chi connectivity index (χ3n) is 6.53. The largest absolute Gasteiger partial charge is 0.493 e. The number of hydrogen-bond acceptors (Lipinski definition) is 9. The molecule has 41 heavy (non-hydrogen) atoms. The summed E-state index contributed by atoms with van der Waals surface area (Å²) in [6.45, 7) is 0.954. The monoisotopic (exact) mass is 598 g/mol. The Kier molecular flexibility index (Phi) is 8.20. The fraction of sp³-hybridized carbons (Fsp3) is 0.250. The van der Waals surface area contributed by atoms with E-state index in [1.807, 2.05) is 0 Å². The number of rotatable bonds is 9. The van der Waals surface area contributed by atoms with Crippen LogP contribution < -0.4 is 19.2 Å². The van der Waals surface area contributed by atoms with Crippen molar-refractivity contribution in [1.82, 2.24) is 9.29 Å². The molecule has 0 N–H and O–H groups in total. The molecule has 0 unspecified atom stereocenters. The van der Waals surface area contributed by atoms with Crippen LogP contribution in [0.4, 0.5) is 9.52 Å². The molecule has 0 spiro atoms. The fourth-order valence-corrected chi connectivity index (χ4v) is 6.90. The lowest BCUT2D eigenvalue weighted by Gasteiger charge is -2.17. The molecule has 10 nitrogen and oxygen atoms in total. The van der Waals surface area contributed by atoms with E-state index in [0.717, 1.165) is 29.2 Å². The number of methoxy groups -OCH3 is 3. The zero-order valence-corrected chi connectivity index (χ0v) is 24.2. The minimum Gasteiger partial charge on any atom is -0.493 e. The van der Waals surface area contributed by atoms with Gasteiger partial charge in [-0.1, -0.05) is 11.3 Å². The standard InChI is InChI=1S/C28H27FN4O6S2/c1-37-23-14-18(15-24(38-2)26(23)39-3)17-30-33(28-31-22-11-8-20(29)16-25(22)40-28)27(34)19-6-9-21(10-7-19)41(35,36)32-12-4-5-13-32/h6-11,14-17H,4-5,12-13H2,1-3H3/b30-17+. The second-order valence-electron chi connectivity index (χ2n) is 9.06. The Morgan fingerprint density at radius 1 is 1.00 bits per heavy atom. The molecule has 1 fully saturated rings. The molecule has 1 amide bonds. The number of hydrogen-bond donors (Lipinski definition) is 0. The van der Waals surface area contributed by atoms with Crippen molar-refractivity contribution >= 4 is 48.8 Å². The number of anilines is 1. The zero-order valence-electron chi connectivity index (χ0n) is 22.5. The van der Waals surface area contributed by atoms with Crippen molar-refractivity contribution in [3.05, 3.63) is 71.5 Å². The maximum atomic E-state index is 13.9. The number of carbonyl (C=O) groups is 1. The zero-order chi connectivity index (χ0) is 29.1. The molecule has 214 valence electrons. The maximum absolute atomic E-state index is 13.9. The topological polar surface area (TPSA) is 111 Å². The van der Waals surface area contributed by atoms with Crippen LogP contribution in [0.2, 0.25) is 0 Å². The third-order valence-corrected chi connectivity index (χ3v) is 9.43. The Labute approximate surface area is 240 Å². The highest BCUT2D eigenvalue weighted by Crippen LogP contribution is 2.38. The van der Waals surface area contributed by atoms with Gasteiger partial charge in [0, 0.05) is 24.2 Å². The number of hydrazone groups is 1. The van der Waals surface area contributed by atoms with E-state index in [2.05, 4.69) is 10.1 Å². The van der Waals surface area contributed by atoms with Gasteiger partial charge >= 0.3 is 0 Å². The van der Waals surface area contributed by atoms with Crippen molar-refractivity contribution in [3.63, 3.8) is 0 Å². The number of amides is 1. The molecule has 0 aliphatic carbocycles. The van der Waals surface area contributed by atoms with Crippen LogP contribution in [0.3, 0.4) is 0 Å². The Hall–Kier alpha value is -4.07. The van der Waals surface area contributed by atoms with Crippen molar-refractivity contribution in [2.75, 3.05) is 39.4 Å². The van der Waals surface area contributed by atoms with E-state index in [4.69, 9.17) is 14.2 Å². The quantitative estimate of drug-likeness (QED) is 0.199. The summed E-state index contributed by atoms with van der Waals surface area (Å²) >= 11 is 1.09. The van der Waals surface area contributed by atoms with Gasteiger partial charge in [0.05, 0.1) is 42.7 Å². The number of thiazole rings is 1. The van der Waals surface area contributed by atoms with Gasteiger partial charge < -0.3 is 14.2 Å². The number of carbonyl (C=O) groups excluding carboxylic acids is 1. The van der Waals surface area contributed by atoms with E-state index < -0.39 is 21.7 Å². The average Bonchev–Trinajstić information content (AvgIpc) is 3.67. The summed E-state index contributed by atoms with van der Waals surface area (Å²) in [6, 6.07) is 13.2. The number of nitrogens with zero attached hydrogens (tertiary/aromatic N) is 4. The van der Waals surface area contributed by atoms with Crippen LogP contribution >= 0.6 is 11.3 Å². The lowest BCUT2D eigenvalue weighted by atomic mass is 10.2. The first-order valence-corrected chi connectivity index (χ1v) is 14.9. The van der Waals surface area contributed by atoms with Crippen molar-refractivity contribution in [3.8, 4) is 17.2 Å². The highest BCUT2D eigenvalue weighted by molar-refractivity contribution is 7.89. The number of sulfonamides is 1. The summed E-state index contributed by atoms with van der Waals surface area (Å²) in [6.07, 6.45) is 3.07. The summed E-state index contributed by atoms with van der Waals surface area (Å²) in [5.74, 6) is 0.213. The van der Waals surface area contributed by atoms with Crippen molar-refractivity contribution in [2.24, 2.45) is 5.10 Å². The lowest BCUT2D eigenvalue weighted by molar-refractivity contribution is 0.0987. The molecule has 4 aromatic rings. The number of ether oxygens (including phenoxy) is 3. The Balaban J connectivity index is 1.52. The first-order valence-electron chi connectivity index (χ1n) is 12.6. The molecule has 1 aliphatic heterocycles. The summed E-state index contributed by atoms with van der Waals surface area (Å²) in [5.41, 5.74) is 1.23. The lowest BCUT2D eigenvalue weighted by Crippen LogP contribution is -2.28. The van der Waals surface area contributed by atoms with Crippen molar-refractivity contribution < 1.29 is 31.8 Å². The summed E-state index contributed by atoms with van der Waals surface area (Å²) < 4.78 is 57.9. The van der Waals surface area contributed by atoms with Gasteiger partial charge in [0.2, 0.25) is 20.9 Å². The van der Waals surface area contributed by atoms with Gasteiger partial charge in [-0.25, -0.2) is 17.8 Å². The van der Waals surface area contributed by atoms with E-state index in [1.54, 1.807) is 12.1 Å². The van der Waals surface area contributed by atoms with Crippen LogP contribution in [0.25, 0.3) is 10.2 Å². The fourth-order valence-electron chi connectivity index (χ4n) is 4.44. The second kappa shape index (κ2) is 11.8. The van der Waals surface area contributed by atoms with E-state index in [-0.39, 0.29) is 15.6 Å². The average molecular weight is 599 g/mol. The van der Waals surface area contributed by atoms with Gasteiger partial charge in [-0.3, -0.25) is 4.79 Å². The normalized spacial score (nSPS) is 14.0. The number of halogens is 1. The molecule has 1 aliphatic rings. The molecule has 13 heteroatoms. The van der Waals surface area contributed by atoms with E-state index in [9.17, 15) is 17.6 Å².